The highest BCUT2D eigenvalue weighted by atomic mass is 35.5. The molecule has 0 atom stereocenters. The fraction of sp³-hybridized carbons (Fsp3) is 0.0741. The third kappa shape index (κ3) is 5.00. The zero-order valence-electron chi connectivity index (χ0n) is 17.9. The first-order chi connectivity index (χ1) is 16.6. The number of nitrogens with zero attached hydrogens (tertiary/aromatic N) is 1. The summed E-state index contributed by atoms with van der Waals surface area (Å²) in [6, 6.07) is 26.7. The molecule has 0 saturated heterocycles. The van der Waals surface area contributed by atoms with Crippen LogP contribution in [0.2, 0.25) is 15.1 Å². The number of oxazole rings is 1. The van der Waals surface area contributed by atoms with Crippen molar-refractivity contribution in [1.29, 1.82) is 0 Å². The maximum Gasteiger partial charge on any atom is 0.227 e. The molecule has 0 amide bonds. The second-order valence-corrected chi connectivity index (χ2v) is 8.93. The fourth-order valence-corrected chi connectivity index (χ4v) is 4.39. The summed E-state index contributed by atoms with van der Waals surface area (Å²) >= 11 is 19.0. The summed E-state index contributed by atoms with van der Waals surface area (Å²) in [5, 5.41) is 5.02. The van der Waals surface area contributed by atoms with Gasteiger partial charge in [0.05, 0.1) is 5.02 Å². The van der Waals surface area contributed by atoms with Gasteiger partial charge in [0.15, 0.2) is 5.58 Å². The average molecular weight is 510 g/mol. The van der Waals surface area contributed by atoms with Gasteiger partial charge in [0.1, 0.15) is 17.9 Å². The Balaban J connectivity index is 1.35. The minimum absolute atomic E-state index is 0.293. The van der Waals surface area contributed by atoms with Crippen LogP contribution in [0.4, 0.5) is 5.69 Å². The van der Waals surface area contributed by atoms with Gasteiger partial charge in [0.25, 0.3) is 0 Å². The van der Waals surface area contributed by atoms with E-state index in [-0.39, 0.29) is 0 Å². The summed E-state index contributed by atoms with van der Waals surface area (Å²) < 4.78 is 12.0. The molecule has 5 rings (SSSR count). The van der Waals surface area contributed by atoms with Crippen LogP contribution >= 0.6 is 34.8 Å². The lowest BCUT2D eigenvalue weighted by molar-refractivity contribution is 0.303. The minimum atomic E-state index is 0.293. The van der Waals surface area contributed by atoms with Crippen LogP contribution in [-0.2, 0) is 13.2 Å². The molecular formula is C27H19Cl3N2O2. The van der Waals surface area contributed by atoms with Gasteiger partial charge < -0.3 is 14.5 Å². The molecule has 4 nitrogen and oxygen atoms in total. The van der Waals surface area contributed by atoms with Gasteiger partial charge in [0, 0.05) is 39.0 Å². The average Bonchev–Trinajstić information content (AvgIpc) is 3.27. The van der Waals surface area contributed by atoms with Crippen molar-refractivity contribution in [1.82, 2.24) is 4.98 Å². The number of hydrogen-bond acceptors (Lipinski definition) is 4. The first kappa shape index (κ1) is 22.6. The third-order valence-corrected chi connectivity index (χ3v) is 6.17. The molecule has 0 aliphatic rings. The van der Waals surface area contributed by atoms with Crippen LogP contribution < -0.4 is 10.1 Å². The molecule has 170 valence electrons. The normalized spacial score (nSPS) is 11.0. The number of hydrogen-bond donors (Lipinski definition) is 1. The Hall–Kier alpha value is -3.18. The Morgan fingerprint density at radius 2 is 1.59 bits per heavy atom. The summed E-state index contributed by atoms with van der Waals surface area (Å²) in [4.78, 5) is 4.63. The molecule has 5 aromatic rings. The number of anilines is 1. The third-order valence-electron chi connectivity index (χ3n) is 5.31. The topological polar surface area (TPSA) is 47.3 Å². The first-order valence-corrected chi connectivity index (χ1v) is 11.7. The van der Waals surface area contributed by atoms with Gasteiger partial charge in [-0.1, -0.05) is 71.2 Å². The van der Waals surface area contributed by atoms with Crippen LogP contribution in [0, 0.1) is 0 Å². The lowest BCUT2D eigenvalue weighted by atomic mass is 10.2. The predicted octanol–water partition coefficient (Wildman–Crippen LogP) is 8.65. The highest BCUT2D eigenvalue weighted by Crippen LogP contribution is 2.34. The van der Waals surface area contributed by atoms with Gasteiger partial charge >= 0.3 is 0 Å². The van der Waals surface area contributed by atoms with E-state index in [1.54, 1.807) is 6.07 Å². The van der Waals surface area contributed by atoms with E-state index in [0.29, 0.717) is 39.9 Å². The molecule has 0 fully saturated rings. The van der Waals surface area contributed by atoms with Gasteiger partial charge in [-0.15, -0.1) is 0 Å². The molecular weight excluding hydrogens is 491 g/mol. The molecule has 34 heavy (non-hydrogen) atoms. The lowest BCUT2D eigenvalue weighted by Crippen LogP contribution is -2.05. The summed E-state index contributed by atoms with van der Waals surface area (Å²) in [5.41, 5.74) is 5.01. The maximum absolute atomic E-state index is 6.47. The smallest absolute Gasteiger partial charge is 0.227 e. The van der Waals surface area contributed by atoms with Crippen LogP contribution in [-0.4, -0.2) is 4.98 Å². The van der Waals surface area contributed by atoms with E-state index in [0.717, 1.165) is 33.5 Å². The minimum Gasteiger partial charge on any atom is -0.487 e. The predicted molar refractivity (Wildman–Crippen MR) is 139 cm³/mol. The van der Waals surface area contributed by atoms with E-state index in [9.17, 15) is 0 Å². The van der Waals surface area contributed by atoms with Crippen molar-refractivity contribution in [2.24, 2.45) is 0 Å². The summed E-state index contributed by atoms with van der Waals surface area (Å²) in [6.45, 7) is 0.744. The zero-order chi connectivity index (χ0) is 23.5. The summed E-state index contributed by atoms with van der Waals surface area (Å²) in [6.07, 6.45) is 0. The second-order valence-electron chi connectivity index (χ2n) is 7.68. The van der Waals surface area contributed by atoms with Crippen LogP contribution in [0.1, 0.15) is 11.1 Å². The molecule has 0 aliphatic heterocycles. The van der Waals surface area contributed by atoms with Crippen molar-refractivity contribution in [3.05, 3.63) is 111 Å². The number of aromatic nitrogens is 1. The molecule has 1 heterocycles. The van der Waals surface area contributed by atoms with E-state index < -0.39 is 0 Å². The molecule has 7 heteroatoms. The first-order valence-electron chi connectivity index (χ1n) is 10.6. The largest absolute Gasteiger partial charge is 0.487 e. The summed E-state index contributed by atoms with van der Waals surface area (Å²) in [7, 11) is 0. The molecule has 0 bridgehead atoms. The molecule has 0 saturated carbocycles. The van der Waals surface area contributed by atoms with Crippen molar-refractivity contribution in [2.45, 2.75) is 13.2 Å². The highest BCUT2D eigenvalue weighted by Gasteiger charge is 2.13. The SMILES string of the molecule is Clc1cc(Cl)c(OCc2ccccc2Cl)c(CNc2ccc3oc(-c4ccccc4)nc3c2)c1. The molecule has 0 spiro atoms. The van der Waals surface area contributed by atoms with Crippen molar-refractivity contribution in [3.63, 3.8) is 0 Å². The second kappa shape index (κ2) is 9.98. The number of ether oxygens (including phenoxy) is 1. The van der Waals surface area contributed by atoms with E-state index in [4.69, 9.17) is 44.0 Å². The monoisotopic (exact) mass is 508 g/mol. The van der Waals surface area contributed by atoms with Gasteiger partial charge in [-0.3, -0.25) is 0 Å². The van der Waals surface area contributed by atoms with Crippen molar-refractivity contribution >= 4 is 51.6 Å². The number of benzene rings is 4. The number of halogens is 3. The zero-order valence-corrected chi connectivity index (χ0v) is 20.2. The number of rotatable bonds is 7. The Labute approximate surface area is 212 Å². The number of nitrogens with one attached hydrogen (secondary N) is 1. The Bertz CT molecular complexity index is 1450. The van der Waals surface area contributed by atoms with E-state index >= 15 is 0 Å². The van der Waals surface area contributed by atoms with Gasteiger partial charge in [-0.05, 0) is 48.5 Å². The lowest BCUT2D eigenvalue weighted by Gasteiger charge is -2.15. The number of fused-ring (bicyclic) bond motifs is 1. The van der Waals surface area contributed by atoms with Gasteiger partial charge in [-0.2, -0.15) is 0 Å². The van der Waals surface area contributed by atoms with Crippen LogP contribution in [0.15, 0.2) is 89.3 Å². The van der Waals surface area contributed by atoms with Crippen LogP contribution in [0.5, 0.6) is 5.75 Å². The van der Waals surface area contributed by atoms with Gasteiger partial charge in [0.2, 0.25) is 5.89 Å². The molecule has 1 aromatic heterocycles. The fourth-order valence-electron chi connectivity index (χ4n) is 3.61. The summed E-state index contributed by atoms with van der Waals surface area (Å²) in [5.74, 6) is 1.15. The molecule has 4 aromatic carbocycles. The molecule has 0 radical (unpaired) electrons. The van der Waals surface area contributed by atoms with Gasteiger partial charge in [-0.25, -0.2) is 4.98 Å². The van der Waals surface area contributed by atoms with Crippen molar-refractivity contribution < 1.29 is 9.15 Å². The molecule has 1 N–H and O–H groups in total. The highest BCUT2D eigenvalue weighted by molar-refractivity contribution is 6.35. The molecule has 0 unspecified atom stereocenters. The Morgan fingerprint density at radius 3 is 2.41 bits per heavy atom. The Kier molecular flexibility index (Phi) is 6.63. The van der Waals surface area contributed by atoms with E-state index in [1.165, 1.54) is 0 Å². The standard InChI is InChI=1S/C27H19Cl3N2O2/c28-20-12-19(26(23(30)13-20)33-16-18-8-4-5-9-22(18)29)15-31-21-10-11-25-24(14-21)32-27(34-25)17-6-2-1-3-7-17/h1-14,31H,15-16H2. The molecule has 0 aliphatic carbocycles. The quantitative estimate of drug-likeness (QED) is 0.238. The van der Waals surface area contributed by atoms with E-state index in [1.807, 2.05) is 78.9 Å². The Morgan fingerprint density at radius 1 is 0.794 bits per heavy atom. The van der Waals surface area contributed by atoms with Crippen molar-refractivity contribution in [2.75, 3.05) is 5.32 Å². The van der Waals surface area contributed by atoms with Crippen molar-refractivity contribution in [3.8, 4) is 17.2 Å². The van der Waals surface area contributed by atoms with Crippen LogP contribution in [0.25, 0.3) is 22.6 Å². The maximum atomic E-state index is 6.47. The van der Waals surface area contributed by atoms with Crippen LogP contribution in [0.3, 0.4) is 0 Å². The van der Waals surface area contributed by atoms with E-state index in [2.05, 4.69) is 10.3 Å².